The van der Waals surface area contributed by atoms with Crippen molar-refractivity contribution >= 4 is 22.5 Å². The Morgan fingerprint density at radius 2 is 2.06 bits per heavy atom. The maximum atomic E-state index is 6.05. The lowest BCUT2D eigenvalue weighted by atomic mass is 9.98. The number of nitrogens with one attached hydrogen (secondary N) is 1. The van der Waals surface area contributed by atoms with E-state index in [0.717, 1.165) is 10.9 Å². The molecule has 2 aromatic rings. The fourth-order valence-electron chi connectivity index (χ4n) is 2.85. The van der Waals surface area contributed by atoms with Gasteiger partial charge in [-0.2, -0.15) is 0 Å². The molecule has 1 aromatic carbocycles. The zero-order chi connectivity index (χ0) is 11.0. The van der Waals surface area contributed by atoms with Crippen molar-refractivity contribution in [1.82, 2.24) is 4.98 Å². The van der Waals surface area contributed by atoms with Crippen LogP contribution in [0.5, 0.6) is 0 Å². The summed E-state index contributed by atoms with van der Waals surface area (Å²) in [5, 5.41) is 2.14. The van der Waals surface area contributed by atoms with Crippen LogP contribution in [0.3, 0.4) is 0 Å². The first-order valence-electron chi connectivity index (χ1n) is 6.08. The lowest BCUT2D eigenvalue weighted by Crippen LogP contribution is -1.97. The van der Waals surface area contributed by atoms with Gasteiger partial charge in [-0.25, -0.2) is 0 Å². The van der Waals surface area contributed by atoms with Gasteiger partial charge in [-0.15, -0.1) is 0 Å². The summed E-state index contributed by atoms with van der Waals surface area (Å²) < 4.78 is 0. The van der Waals surface area contributed by atoms with Gasteiger partial charge >= 0.3 is 0 Å². The summed E-state index contributed by atoms with van der Waals surface area (Å²) in [6, 6.07) is 6.09. The third-order valence-corrected chi connectivity index (χ3v) is 3.95. The molecule has 84 valence electrons. The third kappa shape index (κ3) is 1.84. The summed E-state index contributed by atoms with van der Waals surface area (Å²) in [5.41, 5.74) is 2.64. The maximum absolute atomic E-state index is 6.05. The van der Waals surface area contributed by atoms with Crippen LogP contribution in [0.2, 0.25) is 5.02 Å². The van der Waals surface area contributed by atoms with Crippen molar-refractivity contribution in [3.05, 3.63) is 35.0 Å². The van der Waals surface area contributed by atoms with Crippen molar-refractivity contribution in [1.29, 1.82) is 0 Å². The molecular formula is C14H16ClN. The zero-order valence-corrected chi connectivity index (χ0v) is 10.1. The predicted octanol–water partition coefficient (Wildman–Crippen LogP) is 4.55. The minimum Gasteiger partial charge on any atom is -0.361 e. The molecule has 0 atom stereocenters. The summed E-state index contributed by atoms with van der Waals surface area (Å²) in [4.78, 5) is 3.33. The van der Waals surface area contributed by atoms with E-state index in [2.05, 4.69) is 23.3 Å². The second kappa shape index (κ2) is 4.14. The molecule has 0 radical (unpaired) electrons. The van der Waals surface area contributed by atoms with Crippen LogP contribution in [0.1, 0.15) is 31.2 Å². The molecule has 0 unspecified atom stereocenters. The molecule has 1 aliphatic carbocycles. The first-order valence-corrected chi connectivity index (χ1v) is 6.46. The summed E-state index contributed by atoms with van der Waals surface area (Å²) in [6.07, 6.45) is 8.97. The Hall–Kier alpha value is -0.950. The van der Waals surface area contributed by atoms with E-state index in [4.69, 9.17) is 11.6 Å². The number of H-pyrrole nitrogens is 1. The van der Waals surface area contributed by atoms with Crippen LogP contribution in [-0.4, -0.2) is 4.98 Å². The Kier molecular flexibility index (Phi) is 2.64. The van der Waals surface area contributed by atoms with E-state index in [-0.39, 0.29) is 0 Å². The molecule has 0 spiro atoms. The molecule has 1 fully saturated rings. The molecule has 0 amide bonds. The molecule has 3 rings (SSSR count). The predicted molar refractivity (Wildman–Crippen MR) is 69.0 cm³/mol. The quantitative estimate of drug-likeness (QED) is 0.783. The van der Waals surface area contributed by atoms with Gasteiger partial charge in [0.15, 0.2) is 0 Å². The minimum atomic E-state index is 0.833. The van der Waals surface area contributed by atoms with E-state index < -0.39 is 0 Å². The Balaban J connectivity index is 1.93. The van der Waals surface area contributed by atoms with E-state index in [1.165, 1.54) is 48.6 Å². The lowest BCUT2D eigenvalue weighted by Gasteiger charge is -2.07. The molecular weight excluding hydrogens is 218 g/mol. The topological polar surface area (TPSA) is 15.8 Å². The van der Waals surface area contributed by atoms with Crippen LogP contribution in [0.25, 0.3) is 10.9 Å². The summed E-state index contributed by atoms with van der Waals surface area (Å²) in [6.45, 7) is 0. The number of fused-ring (bicyclic) bond motifs is 1. The van der Waals surface area contributed by atoms with Crippen LogP contribution in [0.4, 0.5) is 0 Å². The van der Waals surface area contributed by atoms with Crippen molar-refractivity contribution in [3.8, 4) is 0 Å². The van der Waals surface area contributed by atoms with Gasteiger partial charge in [-0.3, -0.25) is 0 Å². The second-order valence-corrected chi connectivity index (χ2v) is 5.29. The normalized spacial score (nSPS) is 17.3. The monoisotopic (exact) mass is 233 g/mol. The van der Waals surface area contributed by atoms with Crippen LogP contribution < -0.4 is 0 Å². The van der Waals surface area contributed by atoms with Crippen molar-refractivity contribution in [3.63, 3.8) is 0 Å². The molecule has 1 nitrogen and oxygen atoms in total. The van der Waals surface area contributed by atoms with Crippen LogP contribution in [0.15, 0.2) is 24.4 Å². The van der Waals surface area contributed by atoms with Gasteiger partial charge in [0.2, 0.25) is 0 Å². The Morgan fingerprint density at radius 3 is 2.88 bits per heavy atom. The molecule has 0 bridgehead atoms. The highest BCUT2D eigenvalue weighted by Gasteiger charge is 2.17. The Labute approximate surface area is 101 Å². The Bertz CT molecular complexity index is 494. The standard InChI is InChI=1S/C14H16ClN/c15-12-5-6-14-13(8-12)11(9-16-14)7-10-3-1-2-4-10/h5-6,8-10,16H,1-4,7H2. The van der Waals surface area contributed by atoms with Crippen LogP contribution >= 0.6 is 11.6 Å². The summed E-state index contributed by atoms with van der Waals surface area (Å²) >= 11 is 6.05. The van der Waals surface area contributed by atoms with Crippen molar-refractivity contribution in [2.45, 2.75) is 32.1 Å². The average Bonchev–Trinajstić information content (AvgIpc) is 2.90. The lowest BCUT2D eigenvalue weighted by molar-refractivity contribution is 0.548. The highest BCUT2D eigenvalue weighted by molar-refractivity contribution is 6.31. The second-order valence-electron chi connectivity index (χ2n) is 4.86. The van der Waals surface area contributed by atoms with E-state index in [9.17, 15) is 0 Å². The SMILES string of the molecule is Clc1ccc2[nH]cc(CC3CCCC3)c2c1. The van der Waals surface area contributed by atoms with Gasteiger partial charge in [0, 0.05) is 22.1 Å². The molecule has 0 aliphatic heterocycles. The minimum absolute atomic E-state index is 0.833. The van der Waals surface area contributed by atoms with E-state index >= 15 is 0 Å². The average molecular weight is 234 g/mol. The van der Waals surface area contributed by atoms with E-state index in [1.54, 1.807) is 0 Å². The van der Waals surface area contributed by atoms with Crippen molar-refractivity contribution in [2.75, 3.05) is 0 Å². The number of benzene rings is 1. The van der Waals surface area contributed by atoms with Gasteiger partial charge in [0.05, 0.1) is 0 Å². The van der Waals surface area contributed by atoms with Crippen molar-refractivity contribution in [2.24, 2.45) is 5.92 Å². The molecule has 1 N–H and O–H groups in total. The number of hydrogen-bond acceptors (Lipinski definition) is 0. The summed E-state index contributed by atoms with van der Waals surface area (Å²) in [5.74, 6) is 0.887. The number of aromatic amines is 1. The molecule has 2 heteroatoms. The third-order valence-electron chi connectivity index (χ3n) is 3.71. The van der Waals surface area contributed by atoms with Gasteiger partial charge in [-0.05, 0) is 36.1 Å². The molecule has 1 saturated carbocycles. The summed E-state index contributed by atoms with van der Waals surface area (Å²) in [7, 11) is 0. The number of rotatable bonds is 2. The first kappa shape index (κ1) is 10.2. The fraction of sp³-hybridized carbons (Fsp3) is 0.429. The molecule has 1 aromatic heterocycles. The molecule has 16 heavy (non-hydrogen) atoms. The first-order chi connectivity index (χ1) is 7.83. The number of hydrogen-bond donors (Lipinski definition) is 1. The van der Waals surface area contributed by atoms with Crippen molar-refractivity contribution < 1.29 is 0 Å². The molecule has 1 heterocycles. The Morgan fingerprint density at radius 1 is 1.25 bits per heavy atom. The van der Waals surface area contributed by atoms with Gasteiger partial charge < -0.3 is 4.98 Å². The van der Waals surface area contributed by atoms with E-state index in [1.807, 2.05) is 6.07 Å². The number of halogens is 1. The highest BCUT2D eigenvalue weighted by Crippen LogP contribution is 2.31. The molecule has 1 aliphatic rings. The van der Waals surface area contributed by atoms with Crippen LogP contribution in [0, 0.1) is 5.92 Å². The highest BCUT2D eigenvalue weighted by atomic mass is 35.5. The van der Waals surface area contributed by atoms with Gasteiger partial charge in [-0.1, -0.05) is 37.3 Å². The van der Waals surface area contributed by atoms with E-state index in [0.29, 0.717) is 0 Å². The fourth-order valence-corrected chi connectivity index (χ4v) is 3.02. The molecule has 0 saturated heterocycles. The zero-order valence-electron chi connectivity index (χ0n) is 9.30. The van der Waals surface area contributed by atoms with Gasteiger partial charge in [0.1, 0.15) is 0 Å². The number of aromatic nitrogens is 1. The largest absolute Gasteiger partial charge is 0.361 e. The van der Waals surface area contributed by atoms with Gasteiger partial charge in [0.25, 0.3) is 0 Å². The smallest absolute Gasteiger partial charge is 0.0457 e. The van der Waals surface area contributed by atoms with Crippen LogP contribution in [-0.2, 0) is 6.42 Å². The maximum Gasteiger partial charge on any atom is 0.0457 e.